The number of rotatable bonds is 5. The summed E-state index contributed by atoms with van der Waals surface area (Å²) in [7, 11) is 4.19. The normalized spacial score (nSPS) is 24.1. The Labute approximate surface area is 156 Å². The van der Waals surface area contributed by atoms with Crippen LogP contribution in [-0.2, 0) is 0 Å². The number of hydrogen-bond acceptors (Lipinski definition) is 5. The summed E-state index contributed by atoms with van der Waals surface area (Å²) >= 11 is 0. The van der Waals surface area contributed by atoms with E-state index in [0.29, 0.717) is 6.04 Å². The smallest absolute Gasteiger partial charge is 0.225 e. The van der Waals surface area contributed by atoms with Gasteiger partial charge in [-0.3, -0.25) is 0 Å². The fraction of sp³-hybridized carbons (Fsp3) is 0.619. The Morgan fingerprint density at radius 2 is 1.73 bits per heavy atom. The minimum absolute atomic E-state index is 0.305. The molecule has 5 rings (SSSR count). The molecule has 3 heterocycles. The second kappa shape index (κ2) is 7.39. The van der Waals surface area contributed by atoms with Crippen LogP contribution in [-0.4, -0.2) is 54.6 Å². The lowest BCUT2D eigenvalue weighted by Crippen LogP contribution is -2.32. The average molecular weight is 354 g/mol. The van der Waals surface area contributed by atoms with Crippen LogP contribution in [0.25, 0.3) is 10.9 Å². The molecule has 1 aromatic heterocycles. The standard InChI is InChI=1S/C21H31N5/c1-15(12-25(2)3)22-21-23-19-7-5-4-6-18(19)20(24-21)26-13-16-8-9-17(14-26)11-10-16/h4-7,15-17H,8-14H2,1-3H3,(H,22,23,24). The first kappa shape index (κ1) is 17.5. The van der Waals surface area contributed by atoms with Gasteiger partial charge in [-0.2, -0.15) is 4.98 Å². The minimum Gasteiger partial charge on any atom is -0.355 e. The summed E-state index contributed by atoms with van der Waals surface area (Å²) in [6, 6.07) is 8.75. The van der Waals surface area contributed by atoms with Crippen LogP contribution in [0, 0.1) is 11.8 Å². The molecule has 0 amide bonds. The van der Waals surface area contributed by atoms with E-state index in [2.05, 4.69) is 60.4 Å². The summed E-state index contributed by atoms with van der Waals surface area (Å²) in [5.41, 5.74) is 1.04. The van der Waals surface area contributed by atoms with Crippen molar-refractivity contribution < 1.29 is 0 Å². The van der Waals surface area contributed by atoms with E-state index < -0.39 is 0 Å². The van der Waals surface area contributed by atoms with E-state index in [0.717, 1.165) is 48.8 Å². The molecule has 1 aliphatic carbocycles. The Kier molecular flexibility index (Phi) is 4.98. The van der Waals surface area contributed by atoms with Gasteiger partial charge in [-0.25, -0.2) is 4.98 Å². The van der Waals surface area contributed by atoms with Crippen LogP contribution >= 0.6 is 0 Å². The predicted octanol–water partition coefficient (Wildman–Crippen LogP) is 3.62. The van der Waals surface area contributed by atoms with Crippen molar-refractivity contribution in [2.24, 2.45) is 11.8 Å². The van der Waals surface area contributed by atoms with Crippen molar-refractivity contribution in [1.82, 2.24) is 14.9 Å². The molecule has 140 valence electrons. The van der Waals surface area contributed by atoms with Gasteiger partial charge in [0.2, 0.25) is 5.95 Å². The number of nitrogens with zero attached hydrogens (tertiary/aromatic N) is 4. The van der Waals surface area contributed by atoms with E-state index >= 15 is 0 Å². The fourth-order valence-corrected chi connectivity index (χ4v) is 4.65. The van der Waals surface area contributed by atoms with Gasteiger partial charge in [0.1, 0.15) is 5.82 Å². The highest BCUT2D eigenvalue weighted by atomic mass is 15.2. The topological polar surface area (TPSA) is 44.3 Å². The van der Waals surface area contributed by atoms with Crippen LogP contribution in [0.5, 0.6) is 0 Å². The van der Waals surface area contributed by atoms with E-state index in [-0.39, 0.29) is 0 Å². The molecule has 5 nitrogen and oxygen atoms in total. The third kappa shape index (κ3) is 3.78. The van der Waals surface area contributed by atoms with Gasteiger partial charge in [0, 0.05) is 31.1 Å². The monoisotopic (exact) mass is 353 g/mol. The Morgan fingerprint density at radius 3 is 2.38 bits per heavy atom. The number of aromatic nitrogens is 2. The van der Waals surface area contributed by atoms with Gasteiger partial charge in [-0.05, 0) is 70.7 Å². The zero-order valence-corrected chi connectivity index (χ0v) is 16.3. The number of nitrogens with one attached hydrogen (secondary N) is 1. The lowest BCUT2D eigenvalue weighted by atomic mass is 9.84. The molecule has 1 saturated carbocycles. The molecule has 3 fully saturated rings. The molecular weight excluding hydrogens is 322 g/mol. The molecule has 1 unspecified atom stereocenters. The summed E-state index contributed by atoms with van der Waals surface area (Å²) < 4.78 is 0. The number of hydrogen-bond donors (Lipinski definition) is 1. The van der Waals surface area contributed by atoms with Crippen LogP contribution in [0.1, 0.15) is 32.6 Å². The van der Waals surface area contributed by atoms with E-state index in [9.17, 15) is 0 Å². The fourth-order valence-electron chi connectivity index (χ4n) is 4.65. The highest BCUT2D eigenvalue weighted by molar-refractivity contribution is 5.90. The number of anilines is 2. The summed E-state index contributed by atoms with van der Waals surface area (Å²) in [6.45, 7) is 5.43. The number of fused-ring (bicyclic) bond motifs is 5. The lowest BCUT2D eigenvalue weighted by Gasteiger charge is -2.26. The van der Waals surface area contributed by atoms with Crippen molar-refractivity contribution in [1.29, 1.82) is 0 Å². The molecule has 5 heteroatoms. The van der Waals surface area contributed by atoms with Gasteiger partial charge >= 0.3 is 0 Å². The second-order valence-electron chi connectivity index (χ2n) is 8.49. The lowest BCUT2D eigenvalue weighted by molar-refractivity contribution is 0.326. The first-order valence-electron chi connectivity index (χ1n) is 10.0. The third-order valence-electron chi connectivity index (χ3n) is 5.82. The molecule has 2 aliphatic heterocycles. The van der Waals surface area contributed by atoms with E-state index in [1.165, 1.54) is 31.1 Å². The van der Waals surface area contributed by atoms with E-state index in [4.69, 9.17) is 9.97 Å². The first-order chi connectivity index (χ1) is 12.6. The van der Waals surface area contributed by atoms with Crippen LogP contribution in [0.3, 0.4) is 0 Å². The molecule has 1 atom stereocenters. The quantitative estimate of drug-likeness (QED) is 0.889. The summed E-state index contributed by atoms with van der Waals surface area (Å²) in [6.07, 6.45) is 5.54. The molecule has 3 aliphatic rings. The van der Waals surface area contributed by atoms with E-state index in [1.54, 1.807) is 0 Å². The van der Waals surface area contributed by atoms with Gasteiger partial charge in [-0.1, -0.05) is 12.1 Å². The van der Waals surface area contributed by atoms with Crippen molar-refractivity contribution in [3.05, 3.63) is 24.3 Å². The minimum atomic E-state index is 0.305. The molecule has 2 aromatic rings. The highest BCUT2D eigenvalue weighted by Gasteiger charge is 2.31. The zero-order valence-electron chi connectivity index (χ0n) is 16.3. The summed E-state index contributed by atoms with van der Waals surface area (Å²) in [5, 5.41) is 4.69. The van der Waals surface area contributed by atoms with Gasteiger partial charge < -0.3 is 15.1 Å². The number of benzene rings is 1. The number of likely N-dealkylation sites (N-methyl/N-ethyl adjacent to an activating group) is 1. The van der Waals surface area contributed by atoms with Crippen LogP contribution in [0.15, 0.2) is 24.3 Å². The molecular formula is C21H31N5. The van der Waals surface area contributed by atoms with Crippen molar-refractivity contribution in [3.8, 4) is 0 Å². The summed E-state index contributed by atoms with van der Waals surface area (Å²) in [4.78, 5) is 14.5. The largest absolute Gasteiger partial charge is 0.355 e. The van der Waals surface area contributed by atoms with Crippen LogP contribution in [0.4, 0.5) is 11.8 Å². The van der Waals surface area contributed by atoms with Crippen molar-refractivity contribution >= 4 is 22.7 Å². The Bertz CT molecular complexity index is 737. The van der Waals surface area contributed by atoms with Crippen molar-refractivity contribution in [2.75, 3.05) is 43.9 Å². The Morgan fingerprint density at radius 1 is 1.08 bits per heavy atom. The Hall–Kier alpha value is -1.88. The molecule has 1 N–H and O–H groups in total. The van der Waals surface area contributed by atoms with Gasteiger partial charge in [0.15, 0.2) is 0 Å². The molecule has 26 heavy (non-hydrogen) atoms. The van der Waals surface area contributed by atoms with Crippen LogP contribution < -0.4 is 10.2 Å². The first-order valence-corrected chi connectivity index (χ1v) is 10.0. The van der Waals surface area contributed by atoms with Crippen molar-refractivity contribution in [3.63, 3.8) is 0 Å². The molecule has 2 saturated heterocycles. The van der Waals surface area contributed by atoms with Gasteiger partial charge in [0.25, 0.3) is 0 Å². The third-order valence-corrected chi connectivity index (χ3v) is 5.82. The second-order valence-corrected chi connectivity index (χ2v) is 8.49. The molecule has 0 radical (unpaired) electrons. The Balaban J connectivity index is 1.68. The van der Waals surface area contributed by atoms with Gasteiger partial charge in [0.05, 0.1) is 5.52 Å². The summed E-state index contributed by atoms with van der Waals surface area (Å²) in [5.74, 6) is 3.52. The molecule has 0 spiro atoms. The molecule has 2 bridgehead atoms. The SMILES string of the molecule is CC(CN(C)C)Nc1nc(N2CC3CCC(CC3)C2)c2ccccc2n1. The zero-order chi connectivity index (χ0) is 18.1. The maximum atomic E-state index is 5.00. The van der Waals surface area contributed by atoms with Crippen molar-refractivity contribution in [2.45, 2.75) is 38.6 Å². The maximum absolute atomic E-state index is 5.00. The predicted molar refractivity (Wildman–Crippen MR) is 109 cm³/mol. The maximum Gasteiger partial charge on any atom is 0.225 e. The molecule has 1 aromatic carbocycles. The van der Waals surface area contributed by atoms with Crippen LogP contribution in [0.2, 0.25) is 0 Å². The average Bonchev–Trinajstić information content (AvgIpc) is 2.94. The highest BCUT2D eigenvalue weighted by Crippen LogP contribution is 2.37. The van der Waals surface area contributed by atoms with Gasteiger partial charge in [-0.15, -0.1) is 0 Å². The number of para-hydroxylation sites is 1. The van der Waals surface area contributed by atoms with E-state index in [1.807, 2.05) is 0 Å².